The molecule has 88 valence electrons. The van der Waals surface area contributed by atoms with E-state index in [9.17, 15) is 5.11 Å². The molecule has 1 heterocycles. The van der Waals surface area contributed by atoms with Crippen LogP contribution in [0.2, 0.25) is 0 Å². The molecule has 1 N–H and O–H groups in total. The zero-order chi connectivity index (χ0) is 11.4. The lowest BCUT2D eigenvalue weighted by Gasteiger charge is -2.13. The molecule has 0 saturated carbocycles. The molecule has 16 heavy (non-hydrogen) atoms. The van der Waals surface area contributed by atoms with Gasteiger partial charge in [0.05, 0.1) is 12.7 Å². The molecule has 0 saturated heterocycles. The van der Waals surface area contributed by atoms with E-state index in [1.165, 1.54) is 10.5 Å². The second-order valence-electron chi connectivity index (χ2n) is 4.23. The third-order valence-corrected chi connectivity index (χ3v) is 4.26. The van der Waals surface area contributed by atoms with Crippen LogP contribution in [-0.4, -0.2) is 30.7 Å². The van der Waals surface area contributed by atoms with Crippen molar-refractivity contribution in [3.05, 3.63) is 29.8 Å². The molecule has 2 rings (SSSR count). The fraction of sp³-hybridized carbons (Fsp3) is 0.538. The second kappa shape index (κ2) is 5.71. The third kappa shape index (κ3) is 2.78. The van der Waals surface area contributed by atoms with Gasteiger partial charge >= 0.3 is 0 Å². The van der Waals surface area contributed by atoms with Crippen LogP contribution in [0.3, 0.4) is 0 Å². The van der Waals surface area contributed by atoms with Crippen LogP contribution in [0.1, 0.15) is 24.3 Å². The maximum absolute atomic E-state index is 9.63. The van der Waals surface area contributed by atoms with Gasteiger partial charge in [0.2, 0.25) is 0 Å². The average Bonchev–Trinajstić information content (AvgIpc) is 2.70. The molecular weight excluding hydrogens is 220 g/mol. The highest BCUT2D eigenvalue weighted by Crippen LogP contribution is 2.41. The number of aliphatic hydroxyl groups is 1. The normalized spacial score (nSPS) is 20.8. The predicted octanol–water partition coefficient (Wildman–Crippen LogP) is 2.66. The second-order valence-corrected chi connectivity index (χ2v) is 5.29. The molecule has 0 spiro atoms. The van der Waals surface area contributed by atoms with E-state index < -0.39 is 0 Å². The van der Waals surface area contributed by atoms with E-state index in [-0.39, 0.29) is 6.10 Å². The number of thioether (sulfide) groups is 1. The summed E-state index contributed by atoms with van der Waals surface area (Å²) in [6, 6.07) is 8.59. The number of hydrogen-bond donors (Lipinski definition) is 1. The van der Waals surface area contributed by atoms with E-state index >= 15 is 0 Å². The Labute approximate surface area is 101 Å². The summed E-state index contributed by atoms with van der Waals surface area (Å²) >= 11 is 1.93. The smallest absolute Gasteiger partial charge is 0.0773 e. The Bertz CT molecular complexity index is 340. The van der Waals surface area contributed by atoms with Gasteiger partial charge in [-0.1, -0.05) is 18.2 Å². The van der Waals surface area contributed by atoms with Gasteiger partial charge in [-0.15, -0.1) is 11.8 Å². The molecule has 2 nitrogen and oxygen atoms in total. The number of methoxy groups -OCH3 is 1. The zero-order valence-corrected chi connectivity index (χ0v) is 10.4. The molecule has 3 heteroatoms. The molecular formula is C13H18O2S. The maximum Gasteiger partial charge on any atom is 0.0773 e. The molecule has 1 aliphatic heterocycles. The summed E-state index contributed by atoms with van der Waals surface area (Å²) in [7, 11) is 1.63. The van der Waals surface area contributed by atoms with Crippen molar-refractivity contribution in [1.29, 1.82) is 0 Å². The van der Waals surface area contributed by atoms with Crippen LogP contribution in [0.15, 0.2) is 29.2 Å². The first-order valence-corrected chi connectivity index (χ1v) is 6.68. The van der Waals surface area contributed by atoms with Gasteiger partial charge in [0, 0.05) is 17.8 Å². The van der Waals surface area contributed by atoms with E-state index in [0.29, 0.717) is 12.5 Å². The Kier molecular flexibility index (Phi) is 4.27. The summed E-state index contributed by atoms with van der Waals surface area (Å²) in [6.07, 6.45) is 1.56. The Balaban J connectivity index is 1.88. The Morgan fingerprint density at radius 2 is 2.31 bits per heavy atom. The number of hydrogen-bond acceptors (Lipinski definition) is 3. The highest BCUT2D eigenvalue weighted by Gasteiger charge is 2.22. The third-order valence-electron chi connectivity index (χ3n) is 3.01. The molecule has 0 bridgehead atoms. The highest BCUT2D eigenvalue weighted by molar-refractivity contribution is 7.99. The lowest BCUT2D eigenvalue weighted by atomic mass is 9.95. The van der Waals surface area contributed by atoms with E-state index in [1.54, 1.807) is 7.11 Å². The minimum absolute atomic E-state index is 0.317. The molecule has 1 aliphatic rings. The van der Waals surface area contributed by atoms with Gasteiger partial charge in [0.1, 0.15) is 0 Å². The van der Waals surface area contributed by atoms with Gasteiger partial charge in [-0.05, 0) is 30.4 Å². The molecule has 2 unspecified atom stereocenters. The molecule has 1 aromatic carbocycles. The number of fused-ring (bicyclic) bond motifs is 1. The Morgan fingerprint density at radius 1 is 1.50 bits per heavy atom. The number of ether oxygens (including phenoxy) is 1. The van der Waals surface area contributed by atoms with Crippen LogP contribution in [0.4, 0.5) is 0 Å². The van der Waals surface area contributed by atoms with Crippen LogP contribution in [0.25, 0.3) is 0 Å². The van der Waals surface area contributed by atoms with Crippen molar-refractivity contribution in [3.63, 3.8) is 0 Å². The van der Waals surface area contributed by atoms with Crippen molar-refractivity contribution in [2.45, 2.75) is 29.8 Å². The first-order valence-electron chi connectivity index (χ1n) is 5.70. The average molecular weight is 238 g/mol. The van der Waals surface area contributed by atoms with Gasteiger partial charge < -0.3 is 9.84 Å². The number of aliphatic hydroxyl groups excluding tert-OH is 1. The summed E-state index contributed by atoms with van der Waals surface area (Å²) in [4.78, 5) is 1.41. The molecule has 0 aliphatic carbocycles. The van der Waals surface area contributed by atoms with Gasteiger partial charge in [-0.3, -0.25) is 0 Å². The highest BCUT2D eigenvalue weighted by atomic mass is 32.2. The molecule has 0 amide bonds. The largest absolute Gasteiger partial charge is 0.391 e. The standard InChI is InChI=1S/C13H18O2S/c1-15-8-11(14)7-6-10-9-16-13-5-3-2-4-12(10)13/h2-5,10-11,14H,6-9H2,1H3. The lowest BCUT2D eigenvalue weighted by Crippen LogP contribution is -2.15. The summed E-state index contributed by atoms with van der Waals surface area (Å²) in [5.74, 6) is 1.76. The van der Waals surface area contributed by atoms with Crippen LogP contribution >= 0.6 is 11.8 Å². The van der Waals surface area contributed by atoms with Crippen LogP contribution in [-0.2, 0) is 4.74 Å². The summed E-state index contributed by atoms with van der Waals surface area (Å²) in [6.45, 7) is 0.446. The fourth-order valence-corrected chi connectivity index (χ4v) is 3.44. The van der Waals surface area contributed by atoms with Crippen LogP contribution in [0.5, 0.6) is 0 Å². The number of benzene rings is 1. The Morgan fingerprint density at radius 3 is 3.12 bits per heavy atom. The van der Waals surface area contributed by atoms with E-state index in [4.69, 9.17) is 4.74 Å². The quantitative estimate of drug-likeness (QED) is 0.855. The monoisotopic (exact) mass is 238 g/mol. The molecule has 0 radical (unpaired) electrons. The van der Waals surface area contributed by atoms with Gasteiger partial charge in [0.25, 0.3) is 0 Å². The summed E-state index contributed by atoms with van der Waals surface area (Å²) in [5, 5.41) is 9.63. The van der Waals surface area contributed by atoms with Gasteiger partial charge in [-0.2, -0.15) is 0 Å². The first-order chi connectivity index (χ1) is 7.81. The predicted molar refractivity (Wildman–Crippen MR) is 67.0 cm³/mol. The van der Waals surface area contributed by atoms with Crippen molar-refractivity contribution >= 4 is 11.8 Å². The van der Waals surface area contributed by atoms with Gasteiger partial charge in [-0.25, -0.2) is 0 Å². The SMILES string of the molecule is COCC(O)CCC1CSc2ccccc21. The summed E-state index contributed by atoms with van der Waals surface area (Å²) < 4.78 is 4.93. The molecule has 2 atom stereocenters. The van der Waals surface area contributed by atoms with E-state index in [1.807, 2.05) is 11.8 Å². The van der Waals surface area contributed by atoms with Crippen molar-refractivity contribution in [2.24, 2.45) is 0 Å². The minimum Gasteiger partial charge on any atom is -0.391 e. The fourth-order valence-electron chi connectivity index (χ4n) is 2.14. The zero-order valence-electron chi connectivity index (χ0n) is 9.56. The van der Waals surface area contributed by atoms with E-state index in [0.717, 1.165) is 18.6 Å². The van der Waals surface area contributed by atoms with Crippen LogP contribution in [0, 0.1) is 0 Å². The maximum atomic E-state index is 9.63. The molecule has 0 fully saturated rings. The minimum atomic E-state index is -0.317. The van der Waals surface area contributed by atoms with Crippen molar-refractivity contribution < 1.29 is 9.84 Å². The Hall–Kier alpha value is -0.510. The van der Waals surface area contributed by atoms with Crippen molar-refractivity contribution in [2.75, 3.05) is 19.5 Å². The van der Waals surface area contributed by atoms with Crippen molar-refractivity contribution in [3.8, 4) is 0 Å². The van der Waals surface area contributed by atoms with Crippen LogP contribution < -0.4 is 0 Å². The van der Waals surface area contributed by atoms with Crippen molar-refractivity contribution in [1.82, 2.24) is 0 Å². The summed E-state index contributed by atoms with van der Waals surface area (Å²) in [5.41, 5.74) is 1.46. The topological polar surface area (TPSA) is 29.5 Å². The lowest BCUT2D eigenvalue weighted by molar-refractivity contribution is 0.0571. The molecule has 0 aromatic heterocycles. The molecule has 1 aromatic rings. The number of rotatable bonds is 5. The van der Waals surface area contributed by atoms with E-state index in [2.05, 4.69) is 24.3 Å². The first kappa shape index (κ1) is 12.0. The van der Waals surface area contributed by atoms with Gasteiger partial charge in [0.15, 0.2) is 0 Å².